The van der Waals surface area contributed by atoms with E-state index in [1.165, 1.54) is 33.7 Å². The van der Waals surface area contributed by atoms with Crippen LogP contribution in [0.25, 0.3) is 38.3 Å². The van der Waals surface area contributed by atoms with Crippen LogP contribution in [0, 0.1) is 24.3 Å². The largest absolute Gasteiger partial charge is 0.425 e. The molecule has 0 saturated carbocycles. The molecule has 148 heavy (non-hydrogen) atoms. The number of benzene rings is 6. The number of likely N-dealkylation sites (tertiary alicyclic amines) is 2. The molecule has 778 valence electrons. The first-order valence-electron chi connectivity index (χ1n) is 49.5. The molecule has 12 aromatic rings. The van der Waals surface area contributed by atoms with Gasteiger partial charge in [-0.15, -0.1) is 0 Å². The van der Waals surface area contributed by atoms with Crippen molar-refractivity contribution in [2.75, 3.05) is 63.4 Å². The van der Waals surface area contributed by atoms with E-state index in [1.807, 2.05) is 133 Å². The Morgan fingerprint density at radius 1 is 0.446 bits per heavy atom. The molecular weight excluding hydrogens is 1920 g/mol. The van der Waals surface area contributed by atoms with Crippen LogP contribution in [-0.2, 0) is 37.6 Å². The first-order valence-corrected chi connectivity index (χ1v) is 50.7. The molecule has 13 atom stereocenters. The third kappa shape index (κ3) is 21.9. The molecule has 6 bridgehead atoms. The van der Waals surface area contributed by atoms with E-state index < -0.39 is 111 Å². The number of aromatic nitrogens is 12. The van der Waals surface area contributed by atoms with Gasteiger partial charge in [0, 0.05) is 48.5 Å². The van der Waals surface area contributed by atoms with Gasteiger partial charge >= 0.3 is 30.3 Å². The Labute approximate surface area is 856 Å². The fourth-order valence-electron chi connectivity index (χ4n) is 18.7. The molecule has 44 heteroatoms. The monoisotopic (exact) mass is 2040 g/mol. The molecular formula is C104H124N25O18P. The average molecular weight is 2040 g/mol. The molecule has 0 spiro atoms. The van der Waals surface area contributed by atoms with Crippen LogP contribution in [0.1, 0.15) is 156 Å². The summed E-state index contributed by atoms with van der Waals surface area (Å²) >= 11 is 0. The predicted molar refractivity (Wildman–Crippen MR) is 552 cm³/mol. The van der Waals surface area contributed by atoms with Crippen LogP contribution >= 0.6 is 8.53 Å². The molecule has 8 N–H and O–H groups in total. The number of ether oxygens (including phenoxy) is 6. The Morgan fingerprint density at radius 2 is 0.764 bits per heavy atom. The standard InChI is InChI=1S/C42H55N10O7P.C33H38N8O6.C29H31N7O5/c1-11-42-24-49(40(54)45-27(4)5)33(34(42)59-60(56-23-22-43-10)52(28(6)7)29(8)9)38(58-42)50-25-44-32-35(50)46-39(47-36(53)26(2)3)48-37(32)57-41(55)51(30-18-14-12-15-19-30)31-20-16-13-17-21-31;1-6-33-17-39(31(44)35-20(4)5)24(25(33)42)29(47-33)40-18-34-23-26(40)36-30(37-27(43)19(2)3)38-28(23)46-32(45)41(21-13-9-7-10-14-21)22-15-11-8-12-16-22;1-4-29-15-30-20(22(29)37)26(41-29)35-16-31-21-23(35)32-27(33-24(38)17(2)3)34-25(21)40-28(39)36(18-11-7-5-8-12-18)19-13-9-6-10-14-19/h12-21,25-29,33-34,38H,11,22-24H2,1-9H3,(H,45,54)(H,46,47,48,53);7-16,18-20,24-25,29,42H,6,17H2,1-5H3,(H,35,44)(H,36,37,38,43);5-14,16-17,20,22,26,30,37H,4,15H2,1-3H3,(H,32,33,34,38)/t33-,34+,38-,42+,60?;24-,25+,29-,33+;20-,22+,26-,29+/m111/s1. The second kappa shape index (κ2) is 45.3. The molecule has 6 aliphatic heterocycles. The average Bonchev–Trinajstić information content (AvgIpc) is 1.54. The molecule has 0 radical (unpaired) electrons. The summed E-state index contributed by atoms with van der Waals surface area (Å²) in [5, 5.41) is 39.8. The summed E-state index contributed by atoms with van der Waals surface area (Å²) in [4.78, 5) is 159. The van der Waals surface area contributed by atoms with E-state index in [4.69, 9.17) is 49.0 Å². The van der Waals surface area contributed by atoms with Crippen molar-refractivity contribution in [2.24, 2.45) is 17.8 Å². The summed E-state index contributed by atoms with van der Waals surface area (Å²) in [5.74, 6) is -2.96. The number of nitrogens with one attached hydrogen (secondary N) is 6. The van der Waals surface area contributed by atoms with Crippen molar-refractivity contribution in [3.8, 4) is 17.6 Å². The second-order valence-corrected chi connectivity index (χ2v) is 40.1. The molecule has 10 amide bonds. The third-order valence-corrected chi connectivity index (χ3v) is 28.3. The minimum absolute atomic E-state index is 0.0346. The van der Waals surface area contributed by atoms with Crippen molar-refractivity contribution in [1.82, 2.24) is 89.0 Å². The Morgan fingerprint density at radius 3 is 1.07 bits per heavy atom. The number of aliphatic hydroxyl groups is 2. The van der Waals surface area contributed by atoms with Gasteiger partial charge in [0.2, 0.25) is 42.1 Å². The minimum Gasteiger partial charge on any atom is -0.388 e. The number of carbonyl (C=O) groups excluding carboxylic acids is 8. The van der Waals surface area contributed by atoms with Gasteiger partial charge in [-0.3, -0.25) is 44.0 Å². The fraction of sp³-hybridized carbons (Fsp3) is 0.423. The van der Waals surface area contributed by atoms with Crippen LogP contribution in [0.15, 0.2) is 201 Å². The zero-order valence-corrected chi connectivity index (χ0v) is 86.2. The van der Waals surface area contributed by atoms with Gasteiger partial charge in [0.1, 0.15) is 53.8 Å². The van der Waals surface area contributed by atoms with Gasteiger partial charge in [-0.25, -0.2) is 64.9 Å². The number of para-hydroxylation sites is 6. The number of amides is 10. The van der Waals surface area contributed by atoms with Gasteiger partial charge in [0.25, 0.3) is 26.2 Å². The lowest BCUT2D eigenvalue weighted by Crippen LogP contribution is -2.52. The van der Waals surface area contributed by atoms with E-state index in [9.17, 15) is 48.6 Å². The third-order valence-electron chi connectivity index (χ3n) is 26.2. The zero-order valence-electron chi connectivity index (χ0n) is 85.3. The van der Waals surface area contributed by atoms with Gasteiger partial charge in [-0.1, -0.05) is 172 Å². The zero-order chi connectivity index (χ0) is 105. The number of rotatable bonds is 31. The molecule has 1 unspecified atom stereocenters. The van der Waals surface area contributed by atoms with Crippen molar-refractivity contribution >= 4 is 142 Å². The second-order valence-electron chi connectivity index (χ2n) is 38.7. The van der Waals surface area contributed by atoms with Crippen molar-refractivity contribution < 1.29 is 86.0 Å². The number of fused-ring (bicyclic) bond motifs is 9. The number of nitrogens with zero attached hydrogens (tertiary/aromatic N) is 19. The lowest BCUT2D eigenvalue weighted by atomic mass is 9.96. The number of imidazole rings is 3. The van der Waals surface area contributed by atoms with Crippen LogP contribution in [0.2, 0.25) is 0 Å². The normalized spacial score (nSPS) is 21.6. The molecule has 43 nitrogen and oxygen atoms in total. The summed E-state index contributed by atoms with van der Waals surface area (Å²) in [6.45, 7) is 40.7. The van der Waals surface area contributed by atoms with Gasteiger partial charge in [-0.05, 0) is 147 Å². The van der Waals surface area contributed by atoms with Crippen molar-refractivity contribution in [1.29, 1.82) is 0 Å². The fourth-order valence-corrected chi connectivity index (χ4v) is 20.5. The summed E-state index contributed by atoms with van der Waals surface area (Å²) in [6, 6.07) is 51.5. The van der Waals surface area contributed by atoms with Gasteiger partial charge in [-0.2, -0.15) is 29.9 Å². The van der Waals surface area contributed by atoms with Crippen LogP contribution in [0.5, 0.6) is 17.6 Å². The van der Waals surface area contributed by atoms with E-state index in [0.29, 0.717) is 59.9 Å². The summed E-state index contributed by atoms with van der Waals surface area (Å²) in [6.07, 6.45) is -1.10. The molecule has 18 rings (SSSR count). The van der Waals surface area contributed by atoms with Crippen LogP contribution in [0.4, 0.5) is 75.9 Å². The molecule has 6 aliphatic rings. The van der Waals surface area contributed by atoms with Crippen LogP contribution in [0.3, 0.4) is 0 Å². The van der Waals surface area contributed by atoms with Crippen molar-refractivity contribution in [2.45, 2.75) is 233 Å². The SMILES string of the molecule is CC[C@@]12CN(C(=O)NC(C)C)[C@@H]([C@H](n3cnc4c(OC(=O)N(c5ccccc5)c5ccccc5)nc(NC(=O)C(C)C)nc43)O1)[C@@H]2O.CC[C@@]12CN[C@@H]([C@H](n3cnc4c(OC(=O)N(c5ccccc5)c5ccccc5)nc(NC(=O)C(C)C)nc43)O1)[C@@H]2O.[C-]#[N+]CCOP(O[C@H]1[C@@H]2[C@H](n3cnc4c(OC(=O)N(c5ccccc5)c5ccccc5)nc(NC(=O)C(C)C)nc43)O[C@@]1(CC)CN2C(=O)NC(C)C)N(C(C)C)C(C)C. The smallest absolute Gasteiger partial charge is 0.388 e. The number of aliphatic hydroxyl groups excluding tert-OH is 2. The Bertz CT molecular complexity index is 6670. The number of anilines is 9. The predicted octanol–water partition coefficient (Wildman–Crippen LogP) is 16.3. The highest BCUT2D eigenvalue weighted by atomic mass is 31.2. The van der Waals surface area contributed by atoms with Crippen molar-refractivity contribution in [3.63, 3.8) is 0 Å². The molecule has 12 heterocycles. The number of morpholine rings is 3. The highest BCUT2D eigenvalue weighted by molar-refractivity contribution is 7.44. The van der Waals surface area contributed by atoms with Gasteiger partial charge in [0.15, 0.2) is 52.2 Å². The molecule has 0 aliphatic carbocycles. The highest BCUT2D eigenvalue weighted by Gasteiger charge is 2.68. The Hall–Kier alpha value is -14.7. The number of hydrogen-bond donors (Lipinski definition) is 8. The summed E-state index contributed by atoms with van der Waals surface area (Å²) < 4.78 is 58.2. The maximum absolute atomic E-state index is 14.2. The molecule has 6 saturated heterocycles. The quantitative estimate of drug-likeness (QED) is 0.0114. The van der Waals surface area contributed by atoms with Crippen LogP contribution < -0.4 is 60.8 Å². The van der Waals surface area contributed by atoms with E-state index in [-0.39, 0.29) is 155 Å². The van der Waals surface area contributed by atoms with Crippen LogP contribution in [-0.4, -0.2) is 241 Å². The Kier molecular flexibility index (Phi) is 32.5. The van der Waals surface area contributed by atoms with E-state index in [0.717, 1.165) is 0 Å². The maximum Gasteiger partial charge on any atom is 0.425 e. The molecule has 6 aromatic carbocycles. The van der Waals surface area contributed by atoms with Gasteiger partial charge in [0.05, 0.1) is 72.2 Å². The topological polar surface area (TPSA) is 478 Å². The molecule has 6 fully saturated rings. The maximum atomic E-state index is 14.2. The van der Waals surface area contributed by atoms with E-state index in [1.54, 1.807) is 162 Å². The van der Waals surface area contributed by atoms with Gasteiger partial charge < -0.3 is 78.3 Å². The molecule has 6 aromatic heterocycles. The first kappa shape index (κ1) is 106. The first-order chi connectivity index (χ1) is 71.0. The van der Waals surface area contributed by atoms with Crippen molar-refractivity contribution in [3.05, 3.63) is 212 Å². The summed E-state index contributed by atoms with van der Waals surface area (Å²) in [7, 11) is -1.73. The lowest BCUT2D eigenvalue weighted by molar-refractivity contribution is -0.128. The number of carbonyl (C=O) groups is 8. The van der Waals surface area contributed by atoms with E-state index in [2.05, 4.69) is 109 Å². The number of hydrogen-bond acceptors (Lipinski definition) is 29. The minimum atomic E-state index is -1.73. The summed E-state index contributed by atoms with van der Waals surface area (Å²) in [5.41, 5.74) is 1.75. The lowest BCUT2D eigenvalue weighted by Gasteiger charge is -2.38. The highest BCUT2D eigenvalue weighted by Crippen LogP contribution is 2.58. The number of urea groups is 2. The van der Waals surface area contributed by atoms with E-state index >= 15 is 0 Å². The Balaban J connectivity index is 0.000000161.